The third kappa shape index (κ3) is 5.63. The molecule has 0 radical (unpaired) electrons. The molecule has 0 saturated heterocycles. The fraction of sp³-hybridized carbons (Fsp3) is 0.258. The lowest BCUT2D eigenvalue weighted by Crippen LogP contribution is -2.42. The molecule has 2 amide bonds. The largest absolute Gasteiger partial charge is 0.451 e. The quantitative estimate of drug-likeness (QED) is 0.283. The van der Waals surface area contributed by atoms with Crippen molar-refractivity contribution in [2.24, 2.45) is 0 Å². The lowest BCUT2D eigenvalue weighted by atomic mass is 9.95. The summed E-state index contributed by atoms with van der Waals surface area (Å²) < 4.78 is 5.75. The van der Waals surface area contributed by atoms with Gasteiger partial charge in [-0.1, -0.05) is 65.7 Å². The van der Waals surface area contributed by atoms with E-state index in [0.29, 0.717) is 18.5 Å². The van der Waals surface area contributed by atoms with Gasteiger partial charge in [-0.05, 0) is 67.1 Å². The molecule has 0 spiro atoms. The molecule has 2 N–H and O–H groups in total. The first kappa shape index (κ1) is 27.9. The number of carbonyl (C=O) groups excluding carboxylic acids is 3. The van der Waals surface area contributed by atoms with Crippen LogP contribution in [0.2, 0.25) is 10.0 Å². The fourth-order valence-electron chi connectivity index (χ4n) is 5.02. The number of Topliss-reactive ketones (excluding diaryl/α,β-unsaturated/α-hetero) is 1. The summed E-state index contributed by atoms with van der Waals surface area (Å²) in [6, 6.07) is 17.3. The van der Waals surface area contributed by atoms with Crippen molar-refractivity contribution in [1.29, 1.82) is 0 Å². The van der Waals surface area contributed by atoms with Gasteiger partial charge in [-0.15, -0.1) is 0 Å². The summed E-state index contributed by atoms with van der Waals surface area (Å²) in [5, 5.41) is 13.9. The Balaban J connectivity index is 1.34. The molecule has 7 nitrogen and oxygen atoms in total. The average molecular weight is 579 g/mol. The second kappa shape index (κ2) is 11.5. The normalized spacial score (nSPS) is 14.5. The number of carbonyl (C=O) groups is 3. The van der Waals surface area contributed by atoms with Gasteiger partial charge in [0, 0.05) is 18.5 Å². The number of hydrogen-bond donors (Lipinski definition) is 2. The van der Waals surface area contributed by atoms with Crippen LogP contribution in [0.15, 0.2) is 65.1 Å². The van der Waals surface area contributed by atoms with Crippen LogP contribution in [-0.2, 0) is 24.2 Å². The molecule has 1 aromatic heterocycles. The number of nitrogens with one attached hydrogen (secondary N) is 1. The SMILES string of the molecule is CC(=O)[C@H](Cc1cccc([C@H](C)O)c1)NC(=O)c1c(Cl)cc2c(c1Cl)CCN(C(=O)c1cc3ccccc3o1)C2. The number of nitrogens with zero attached hydrogens (tertiary/aromatic N) is 1. The summed E-state index contributed by atoms with van der Waals surface area (Å²) >= 11 is 13.3. The smallest absolute Gasteiger partial charge is 0.289 e. The second-order valence-corrected chi connectivity index (χ2v) is 10.9. The van der Waals surface area contributed by atoms with Crippen LogP contribution in [0.4, 0.5) is 0 Å². The monoisotopic (exact) mass is 578 g/mol. The van der Waals surface area contributed by atoms with Crippen molar-refractivity contribution in [1.82, 2.24) is 10.2 Å². The minimum Gasteiger partial charge on any atom is -0.451 e. The highest BCUT2D eigenvalue weighted by molar-refractivity contribution is 6.40. The van der Waals surface area contributed by atoms with E-state index in [9.17, 15) is 19.5 Å². The van der Waals surface area contributed by atoms with E-state index in [0.717, 1.165) is 27.6 Å². The Morgan fingerprint density at radius 1 is 1.07 bits per heavy atom. The van der Waals surface area contributed by atoms with Crippen molar-refractivity contribution < 1.29 is 23.9 Å². The zero-order valence-corrected chi connectivity index (χ0v) is 23.6. The van der Waals surface area contributed by atoms with Crippen LogP contribution < -0.4 is 5.32 Å². The molecule has 5 rings (SSSR count). The van der Waals surface area contributed by atoms with Crippen LogP contribution in [0.25, 0.3) is 11.0 Å². The van der Waals surface area contributed by atoms with Gasteiger partial charge in [0.25, 0.3) is 11.8 Å². The van der Waals surface area contributed by atoms with Crippen molar-refractivity contribution in [3.8, 4) is 0 Å². The molecule has 9 heteroatoms. The van der Waals surface area contributed by atoms with Crippen LogP contribution in [0.1, 0.15) is 63.1 Å². The van der Waals surface area contributed by atoms with Gasteiger partial charge in [-0.25, -0.2) is 0 Å². The topological polar surface area (TPSA) is 99.9 Å². The third-order valence-electron chi connectivity index (χ3n) is 7.22. The van der Waals surface area contributed by atoms with Crippen molar-refractivity contribution in [2.45, 2.75) is 45.4 Å². The van der Waals surface area contributed by atoms with E-state index in [1.54, 1.807) is 36.1 Å². The first-order chi connectivity index (χ1) is 19.1. The molecule has 0 unspecified atom stereocenters. The van der Waals surface area contributed by atoms with E-state index >= 15 is 0 Å². The van der Waals surface area contributed by atoms with Gasteiger partial charge in [0.1, 0.15) is 5.58 Å². The number of hydrogen-bond acceptors (Lipinski definition) is 5. The van der Waals surface area contributed by atoms with E-state index in [2.05, 4.69) is 5.32 Å². The molecule has 3 aromatic carbocycles. The highest BCUT2D eigenvalue weighted by Crippen LogP contribution is 2.35. The Kier molecular flexibility index (Phi) is 7.99. The average Bonchev–Trinajstić information content (AvgIpc) is 3.36. The number of para-hydroxylation sites is 1. The van der Waals surface area contributed by atoms with Crippen LogP contribution in [0.3, 0.4) is 0 Å². The molecule has 4 aromatic rings. The predicted octanol–water partition coefficient (Wildman–Crippen LogP) is 5.92. The van der Waals surface area contributed by atoms with Crippen molar-refractivity contribution in [3.05, 3.63) is 104 Å². The van der Waals surface area contributed by atoms with Gasteiger partial charge in [-0.2, -0.15) is 0 Å². The molecule has 206 valence electrons. The Bertz CT molecular complexity index is 1590. The number of furan rings is 1. The van der Waals surface area contributed by atoms with Crippen LogP contribution in [0.5, 0.6) is 0 Å². The van der Waals surface area contributed by atoms with Crippen LogP contribution >= 0.6 is 23.2 Å². The molecule has 40 heavy (non-hydrogen) atoms. The molecule has 1 aliphatic rings. The molecule has 2 heterocycles. The fourth-order valence-corrected chi connectivity index (χ4v) is 5.78. The summed E-state index contributed by atoms with van der Waals surface area (Å²) in [6.07, 6.45) is 0.0314. The van der Waals surface area contributed by atoms with Crippen molar-refractivity contribution in [3.63, 3.8) is 0 Å². The number of rotatable bonds is 7. The molecule has 0 aliphatic carbocycles. The molecule has 1 aliphatic heterocycles. The maximum atomic E-state index is 13.3. The zero-order chi connectivity index (χ0) is 28.6. The lowest BCUT2D eigenvalue weighted by molar-refractivity contribution is -0.118. The predicted molar refractivity (Wildman–Crippen MR) is 154 cm³/mol. The Morgan fingerprint density at radius 2 is 1.85 bits per heavy atom. The second-order valence-electron chi connectivity index (χ2n) is 10.1. The highest BCUT2D eigenvalue weighted by atomic mass is 35.5. The Labute approximate surface area is 241 Å². The first-order valence-electron chi connectivity index (χ1n) is 13.0. The van der Waals surface area contributed by atoms with Crippen LogP contribution in [0, 0.1) is 0 Å². The van der Waals surface area contributed by atoms with Gasteiger partial charge < -0.3 is 19.7 Å². The minimum absolute atomic E-state index is 0.100. The molecular formula is C31H28Cl2N2O5. The van der Waals surface area contributed by atoms with Gasteiger partial charge in [0.05, 0.1) is 27.8 Å². The summed E-state index contributed by atoms with van der Waals surface area (Å²) in [7, 11) is 0. The van der Waals surface area contributed by atoms with Crippen molar-refractivity contribution >= 4 is 51.8 Å². The molecule has 0 bridgehead atoms. The molecule has 2 atom stereocenters. The number of aliphatic hydroxyl groups excluding tert-OH is 1. The number of ketones is 1. The Morgan fingerprint density at radius 3 is 2.58 bits per heavy atom. The number of amides is 2. The maximum Gasteiger partial charge on any atom is 0.289 e. The van der Waals surface area contributed by atoms with Gasteiger partial charge >= 0.3 is 0 Å². The zero-order valence-electron chi connectivity index (χ0n) is 22.0. The molecule has 0 fully saturated rings. The summed E-state index contributed by atoms with van der Waals surface area (Å²) in [5.41, 5.74) is 3.76. The summed E-state index contributed by atoms with van der Waals surface area (Å²) in [6.45, 7) is 3.73. The Hall–Kier alpha value is -3.65. The molecular weight excluding hydrogens is 551 g/mol. The summed E-state index contributed by atoms with van der Waals surface area (Å²) in [5.74, 6) is -0.752. The van der Waals surface area contributed by atoms with E-state index in [1.165, 1.54) is 6.92 Å². The maximum absolute atomic E-state index is 13.3. The van der Waals surface area contributed by atoms with E-state index in [4.69, 9.17) is 27.6 Å². The van der Waals surface area contributed by atoms with E-state index < -0.39 is 18.1 Å². The number of fused-ring (bicyclic) bond motifs is 2. The van der Waals surface area contributed by atoms with Crippen molar-refractivity contribution in [2.75, 3.05) is 6.54 Å². The van der Waals surface area contributed by atoms with Gasteiger partial charge in [0.2, 0.25) is 0 Å². The van der Waals surface area contributed by atoms with Crippen LogP contribution in [-0.4, -0.2) is 40.2 Å². The molecule has 0 saturated carbocycles. The summed E-state index contributed by atoms with van der Waals surface area (Å²) in [4.78, 5) is 40.6. The standard InChI is InChI=1S/C31H28Cl2N2O5/c1-17(36)20-8-5-6-19(12-20)13-25(18(2)37)34-30(38)28-24(32)14-22-16-35(11-10-23(22)29(28)33)31(39)27-15-21-7-3-4-9-26(21)40-27/h3-9,12,14-15,17,25,36H,10-11,13,16H2,1-2H3,(H,34,38)/t17-,25-/m0/s1. The highest BCUT2D eigenvalue weighted by Gasteiger charge is 2.30. The number of halogens is 2. The number of benzene rings is 3. The van der Waals surface area contributed by atoms with E-state index in [1.807, 2.05) is 36.4 Å². The number of aliphatic hydroxyl groups is 1. The lowest BCUT2D eigenvalue weighted by Gasteiger charge is -2.30. The van der Waals surface area contributed by atoms with E-state index in [-0.39, 0.29) is 46.0 Å². The van der Waals surface area contributed by atoms with Gasteiger partial charge in [-0.3, -0.25) is 14.4 Å². The first-order valence-corrected chi connectivity index (χ1v) is 13.7. The van der Waals surface area contributed by atoms with Gasteiger partial charge in [0.15, 0.2) is 11.5 Å². The third-order valence-corrected chi connectivity index (χ3v) is 7.94. The minimum atomic E-state index is -0.808.